The van der Waals surface area contributed by atoms with Gasteiger partial charge in [-0.15, -0.1) is 0 Å². The first-order chi connectivity index (χ1) is 15.4. The van der Waals surface area contributed by atoms with Crippen LogP contribution < -0.4 is 15.8 Å². The van der Waals surface area contributed by atoms with Crippen molar-refractivity contribution in [1.82, 2.24) is 0 Å². The topological polar surface area (TPSA) is 94.6 Å². The summed E-state index contributed by atoms with van der Waals surface area (Å²) in [6.07, 6.45) is 5.78. The molecule has 32 heavy (non-hydrogen) atoms. The first-order valence-electron chi connectivity index (χ1n) is 11.0. The number of ether oxygens (including phenoxy) is 1. The second-order valence-electron chi connectivity index (χ2n) is 8.13. The van der Waals surface area contributed by atoms with Crippen molar-refractivity contribution in [1.29, 1.82) is 0 Å². The first-order valence-corrected chi connectivity index (χ1v) is 11.0. The van der Waals surface area contributed by atoms with Crippen LogP contribution in [0.3, 0.4) is 0 Å². The van der Waals surface area contributed by atoms with E-state index >= 15 is 0 Å². The van der Waals surface area contributed by atoms with Gasteiger partial charge in [-0.1, -0.05) is 12.1 Å². The lowest BCUT2D eigenvalue weighted by molar-refractivity contribution is -0.111. The number of para-hydroxylation sites is 1. The minimum absolute atomic E-state index is 0.268. The standard InChI is InChI=1S/C26H28N2O4/c1-4-31-24-16(3)25-20(17-9-6-8-12-22(17)32-25)14-19(24)15(2)13-23(29)28-21-11-7-5-10-18(21)26(27)30/h5,7,10-11,13-14H,4,6,8-9,12H2,1-3H3,(H2,27,30)(H,28,29)/b15-13+. The van der Waals surface area contributed by atoms with Gasteiger partial charge in [0.1, 0.15) is 17.1 Å². The molecular weight excluding hydrogens is 404 g/mol. The summed E-state index contributed by atoms with van der Waals surface area (Å²) in [5.74, 6) is 0.859. The van der Waals surface area contributed by atoms with Gasteiger partial charge in [0.05, 0.1) is 17.9 Å². The minimum atomic E-state index is -0.592. The van der Waals surface area contributed by atoms with Crippen LogP contribution in [0.2, 0.25) is 0 Å². The molecule has 1 aliphatic carbocycles. The van der Waals surface area contributed by atoms with E-state index in [2.05, 4.69) is 11.4 Å². The third-order valence-electron chi connectivity index (χ3n) is 5.94. The molecule has 0 aliphatic heterocycles. The molecule has 2 amide bonds. The largest absolute Gasteiger partial charge is 0.493 e. The third kappa shape index (κ3) is 4.00. The highest BCUT2D eigenvalue weighted by Gasteiger charge is 2.23. The van der Waals surface area contributed by atoms with Gasteiger partial charge >= 0.3 is 0 Å². The van der Waals surface area contributed by atoms with Gasteiger partial charge in [-0.2, -0.15) is 0 Å². The van der Waals surface area contributed by atoms with Gasteiger partial charge in [0.15, 0.2) is 0 Å². The van der Waals surface area contributed by atoms with Crippen LogP contribution in [-0.4, -0.2) is 18.4 Å². The molecule has 3 N–H and O–H groups in total. The summed E-state index contributed by atoms with van der Waals surface area (Å²) in [4.78, 5) is 24.4. The number of anilines is 1. The number of hydrogen-bond acceptors (Lipinski definition) is 4. The fourth-order valence-corrected chi connectivity index (χ4v) is 4.41. The SMILES string of the molecule is CCOc1c(/C(C)=C/C(=O)Nc2ccccc2C(N)=O)cc2c3c(oc2c1C)CCCC3. The summed E-state index contributed by atoms with van der Waals surface area (Å²) in [7, 11) is 0. The Morgan fingerprint density at radius 1 is 1.19 bits per heavy atom. The van der Waals surface area contributed by atoms with Gasteiger partial charge in [-0.3, -0.25) is 9.59 Å². The van der Waals surface area contributed by atoms with Crippen LogP contribution in [0.1, 0.15) is 59.5 Å². The average Bonchev–Trinajstić information content (AvgIpc) is 3.14. The van der Waals surface area contributed by atoms with Crippen LogP contribution in [0.5, 0.6) is 5.75 Å². The maximum absolute atomic E-state index is 12.8. The fraction of sp³-hybridized carbons (Fsp3) is 0.308. The van der Waals surface area contributed by atoms with Gasteiger partial charge in [0.25, 0.3) is 5.91 Å². The van der Waals surface area contributed by atoms with E-state index in [4.69, 9.17) is 14.9 Å². The number of carbonyl (C=O) groups is 2. The van der Waals surface area contributed by atoms with Crippen LogP contribution in [0.25, 0.3) is 16.5 Å². The number of nitrogens with two attached hydrogens (primary N) is 1. The molecule has 1 aliphatic rings. The molecule has 1 aromatic heterocycles. The van der Waals surface area contributed by atoms with Crippen molar-refractivity contribution in [3.05, 3.63) is 64.4 Å². The van der Waals surface area contributed by atoms with Crippen molar-refractivity contribution < 1.29 is 18.7 Å². The third-order valence-corrected chi connectivity index (χ3v) is 5.94. The number of carbonyl (C=O) groups excluding carboxylic acids is 2. The molecule has 0 atom stereocenters. The molecule has 0 unspecified atom stereocenters. The van der Waals surface area contributed by atoms with Gasteiger partial charge < -0.3 is 20.2 Å². The Kier molecular flexibility index (Phi) is 6.04. The van der Waals surface area contributed by atoms with Crippen LogP contribution in [0.15, 0.2) is 40.8 Å². The van der Waals surface area contributed by atoms with Crippen molar-refractivity contribution in [2.24, 2.45) is 5.73 Å². The summed E-state index contributed by atoms with van der Waals surface area (Å²) >= 11 is 0. The maximum atomic E-state index is 12.8. The Morgan fingerprint density at radius 3 is 2.69 bits per heavy atom. The van der Waals surface area contributed by atoms with Gasteiger partial charge in [-0.25, -0.2) is 0 Å². The monoisotopic (exact) mass is 432 g/mol. The van der Waals surface area contributed by atoms with Crippen LogP contribution in [-0.2, 0) is 17.6 Å². The second-order valence-corrected chi connectivity index (χ2v) is 8.13. The van der Waals surface area contributed by atoms with Crippen LogP contribution >= 0.6 is 0 Å². The van der Waals surface area contributed by atoms with E-state index in [-0.39, 0.29) is 11.5 Å². The summed E-state index contributed by atoms with van der Waals surface area (Å²) in [5, 5.41) is 3.87. The van der Waals surface area contributed by atoms with Crippen molar-refractivity contribution >= 4 is 34.0 Å². The second kappa shape index (κ2) is 8.91. The fourth-order valence-electron chi connectivity index (χ4n) is 4.41. The zero-order valence-corrected chi connectivity index (χ0v) is 18.7. The Labute approximate surface area is 187 Å². The number of primary amides is 1. The Morgan fingerprint density at radius 2 is 1.94 bits per heavy atom. The average molecular weight is 433 g/mol. The molecule has 6 heteroatoms. The molecule has 0 saturated carbocycles. The number of amides is 2. The molecule has 0 bridgehead atoms. The molecular formula is C26H28N2O4. The van der Waals surface area contributed by atoms with Gasteiger partial charge in [-0.05, 0) is 63.8 Å². The van der Waals surface area contributed by atoms with E-state index in [0.29, 0.717) is 12.3 Å². The highest BCUT2D eigenvalue weighted by atomic mass is 16.5. The molecule has 166 valence electrons. The molecule has 0 spiro atoms. The number of aryl methyl sites for hydroxylation is 3. The molecule has 2 aromatic carbocycles. The zero-order chi connectivity index (χ0) is 22.8. The normalized spacial score (nSPS) is 13.7. The van der Waals surface area contributed by atoms with Gasteiger partial charge in [0.2, 0.25) is 5.91 Å². The highest BCUT2D eigenvalue weighted by molar-refractivity contribution is 6.08. The number of nitrogens with one attached hydrogen (secondary N) is 1. The van der Waals surface area contributed by atoms with Crippen LogP contribution in [0.4, 0.5) is 5.69 Å². The van der Waals surface area contributed by atoms with Crippen molar-refractivity contribution in [3.8, 4) is 5.75 Å². The molecule has 3 aromatic rings. The predicted octanol–water partition coefficient (Wildman–Crippen LogP) is 5.16. The molecule has 1 heterocycles. The summed E-state index contributed by atoms with van der Waals surface area (Å²) in [6, 6.07) is 8.76. The lowest BCUT2D eigenvalue weighted by atomic mass is 9.93. The predicted molar refractivity (Wildman–Crippen MR) is 126 cm³/mol. The lowest BCUT2D eigenvalue weighted by Crippen LogP contribution is -2.17. The van der Waals surface area contributed by atoms with Crippen LogP contribution in [0, 0.1) is 6.92 Å². The smallest absolute Gasteiger partial charge is 0.250 e. The van der Waals surface area contributed by atoms with Crippen molar-refractivity contribution in [2.45, 2.75) is 46.5 Å². The molecule has 4 rings (SSSR count). The van der Waals surface area contributed by atoms with Crippen molar-refractivity contribution in [3.63, 3.8) is 0 Å². The number of allylic oxidation sites excluding steroid dienone is 1. The van der Waals surface area contributed by atoms with Gasteiger partial charge in [0, 0.05) is 34.6 Å². The van der Waals surface area contributed by atoms with E-state index in [1.54, 1.807) is 24.3 Å². The van der Waals surface area contributed by atoms with E-state index in [0.717, 1.165) is 64.9 Å². The highest BCUT2D eigenvalue weighted by Crippen LogP contribution is 2.41. The Bertz CT molecular complexity index is 1240. The molecule has 0 saturated heterocycles. The van der Waals surface area contributed by atoms with Crippen molar-refractivity contribution in [2.75, 3.05) is 11.9 Å². The first kappa shape index (κ1) is 21.7. The summed E-state index contributed by atoms with van der Waals surface area (Å²) in [6.45, 7) is 6.33. The summed E-state index contributed by atoms with van der Waals surface area (Å²) in [5.41, 5.74) is 10.8. The van der Waals surface area contributed by atoms with E-state index < -0.39 is 5.91 Å². The summed E-state index contributed by atoms with van der Waals surface area (Å²) < 4.78 is 12.2. The number of furan rings is 1. The Hall–Kier alpha value is -3.54. The lowest BCUT2D eigenvalue weighted by Gasteiger charge is -2.15. The Balaban J connectivity index is 1.74. The molecule has 0 fully saturated rings. The quantitative estimate of drug-likeness (QED) is 0.526. The number of hydrogen-bond donors (Lipinski definition) is 2. The van der Waals surface area contributed by atoms with E-state index in [1.165, 1.54) is 11.6 Å². The molecule has 0 radical (unpaired) electrons. The number of rotatable bonds is 6. The molecule has 6 nitrogen and oxygen atoms in total. The minimum Gasteiger partial charge on any atom is -0.493 e. The van der Waals surface area contributed by atoms with E-state index in [9.17, 15) is 9.59 Å². The maximum Gasteiger partial charge on any atom is 0.250 e. The number of fused-ring (bicyclic) bond motifs is 3. The van der Waals surface area contributed by atoms with E-state index in [1.807, 2.05) is 20.8 Å². The zero-order valence-electron chi connectivity index (χ0n) is 18.7. The number of benzene rings is 2.